The number of rotatable bonds is 5. The van der Waals surface area contributed by atoms with Crippen molar-refractivity contribution in [2.75, 3.05) is 0 Å². The maximum atomic E-state index is 11.2. The SMILES string of the molecule is O=C(O)c1ccc(-n2c(C(c3ccccc3)c3ccccc3)n[nH]c2=S)cc1. The van der Waals surface area contributed by atoms with E-state index in [4.69, 9.17) is 17.3 Å². The molecule has 28 heavy (non-hydrogen) atoms. The normalized spacial score (nSPS) is 10.9. The number of nitrogens with zero attached hydrogens (tertiary/aromatic N) is 2. The van der Waals surface area contributed by atoms with Gasteiger partial charge in [0.05, 0.1) is 11.5 Å². The number of hydrogen-bond donors (Lipinski definition) is 2. The van der Waals surface area contributed by atoms with Crippen LogP contribution in [0.5, 0.6) is 0 Å². The summed E-state index contributed by atoms with van der Waals surface area (Å²) < 4.78 is 2.31. The number of aromatic nitrogens is 3. The Kier molecular flexibility index (Phi) is 4.87. The van der Waals surface area contributed by atoms with Crippen LogP contribution in [0.3, 0.4) is 0 Å². The van der Waals surface area contributed by atoms with Gasteiger partial charge in [0.15, 0.2) is 4.77 Å². The number of carboxylic acid groups (broad SMARTS) is 1. The standard InChI is InChI=1S/C22H17N3O2S/c26-21(27)17-11-13-18(14-12-17)25-20(23-24-22(25)28)19(15-7-3-1-4-8-15)16-9-5-2-6-10-16/h1-14,19H,(H,24,28)(H,26,27). The van der Waals surface area contributed by atoms with Gasteiger partial charge in [-0.25, -0.2) is 4.79 Å². The second kappa shape index (κ2) is 7.62. The van der Waals surface area contributed by atoms with Crippen LogP contribution < -0.4 is 0 Å². The molecular formula is C22H17N3O2S. The lowest BCUT2D eigenvalue weighted by molar-refractivity contribution is 0.0697. The number of carbonyl (C=O) groups is 1. The number of nitrogens with one attached hydrogen (secondary N) is 1. The summed E-state index contributed by atoms with van der Waals surface area (Å²) in [5.74, 6) is -0.353. The van der Waals surface area contributed by atoms with Crippen LogP contribution in [-0.4, -0.2) is 25.8 Å². The van der Waals surface area contributed by atoms with Crippen molar-refractivity contribution in [3.05, 3.63) is 112 Å². The highest BCUT2D eigenvalue weighted by atomic mass is 32.1. The second-order valence-electron chi connectivity index (χ2n) is 6.33. The van der Waals surface area contributed by atoms with Crippen molar-refractivity contribution in [2.24, 2.45) is 0 Å². The highest BCUT2D eigenvalue weighted by Gasteiger charge is 2.23. The molecular weight excluding hydrogens is 370 g/mol. The van der Waals surface area contributed by atoms with Crippen molar-refractivity contribution >= 4 is 18.2 Å². The van der Waals surface area contributed by atoms with Gasteiger partial charge in [-0.05, 0) is 47.6 Å². The second-order valence-corrected chi connectivity index (χ2v) is 6.72. The molecule has 6 heteroatoms. The summed E-state index contributed by atoms with van der Waals surface area (Å²) in [5.41, 5.74) is 3.16. The highest BCUT2D eigenvalue weighted by Crippen LogP contribution is 2.32. The molecule has 0 aliphatic heterocycles. The van der Waals surface area contributed by atoms with Crippen LogP contribution in [0.1, 0.15) is 33.2 Å². The monoisotopic (exact) mass is 387 g/mol. The number of aromatic carboxylic acids is 1. The van der Waals surface area contributed by atoms with Crippen LogP contribution in [0.15, 0.2) is 84.9 Å². The molecule has 0 aliphatic carbocycles. The molecule has 0 atom stereocenters. The van der Waals surface area contributed by atoms with Crippen LogP contribution in [0.4, 0.5) is 0 Å². The zero-order chi connectivity index (χ0) is 19.5. The Hall–Kier alpha value is -3.51. The molecule has 0 fully saturated rings. The van der Waals surface area contributed by atoms with E-state index in [9.17, 15) is 4.79 Å². The predicted octanol–water partition coefficient (Wildman–Crippen LogP) is 4.81. The topological polar surface area (TPSA) is 70.9 Å². The molecule has 0 saturated carbocycles. The fourth-order valence-electron chi connectivity index (χ4n) is 3.29. The summed E-state index contributed by atoms with van der Waals surface area (Å²) in [5, 5.41) is 16.6. The Bertz CT molecular complexity index is 1110. The predicted molar refractivity (Wildman–Crippen MR) is 110 cm³/mol. The largest absolute Gasteiger partial charge is 0.478 e. The molecule has 0 radical (unpaired) electrons. The fourth-order valence-corrected chi connectivity index (χ4v) is 3.53. The molecule has 1 aromatic heterocycles. The Morgan fingerprint density at radius 2 is 1.43 bits per heavy atom. The molecule has 0 aliphatic rings. The van der Waals surface area contributed by atoms with Gasteiger partial charge in [0, 0.05) is 5.69 Å². The number of carboxylic acids is 1. The zero-order valence-corrected chi connectivity index (χ0v) is 15.6. The summed E-state index contributed by atoms with van der Waals surface area (Å²) in [7, 11) is 0. The first kappa shape index (κ1) is 17.9. The first-order valence-electron chi connectivity index (χ1n) is 8.76. The van der Waals surface area contributed by atoms with Crippen LogP contribution in [0.25, 0.3) is 5.69 Å². The third-order valence-electron chi connectivity index (χ3n) is 4.59. The van der Waals surface area contributed by atoms with Crippen molar-refractivity contribution in [3.8, 4) is 5.69 Å². The Balaban J connectivity index is 1.89. The van der Waals surface area contributed by atoms with E-state index >= 15 is 0 Å². The van der Waals surface area contributed by atoms with Gasteiger partial charge in [0.25, 0.3) is 0 Å². The molecule has 4 rings (SSSR count). The third kappa shape index (κ3) is 3.37. The minimum absolute atomic E-state index is 0.130. The van der Waals surface area contributed by atoms with Crippen LogP contribution >= 0.6 is 12.2 Å². The van der Waals surface area contributed by atoms with Gasteiger partial charge < -0.3 is 5.11 Å². The van der Waals surface area contributed by atoms with Gasteiger partial charge in [-0.2, -0.15) is 5.10 Å². The summed E-state index contributed by atoms with van der Waals surface area (Å²) in [6, 6.07) is 26.8. The molecule has 3 aromatic carbocycles. The average Bonchev–Trinajstić information content (AvgIpc) is 3.11. The van der Waals surface area contributed by atoms with E-state index in [1.807, 2.05) is 41.0 Å². The molecule has 0 unspecified atom stereocenters. The van der Waals surface area contributed by atoms with Gasteiger partial charge in [0.2, 0.25) is 0 Å². The highest BCUT2D eigenvalue weighted by molar-refractivity contribution is 7.71. The lowest BCUT2D eigenvalue weighted by Gasteiger charge is -2.19. The van der Waals surface area contributed by atoms with E-state index in [0.29, 0.717) is 4.77 Å². The van der Waals surface area contributed by atoms with E-state index in [-0.39, 0.29) is 11.5 Å². The van der Waals surface area contributed by atoms with E-state index in [0.717, 1.165) is 22.6 Å². The average molecular weight is 387 g/mol. The Morgan fingerprint density at radius 1 is 0.893 bits per heavy atom. The van der Waals surface area contributed by atoms with E-state index in [2.05, 4.69) is 34.5 Å². The number of benzene rings is 3. The summed E-state index contributed by atoms with van der Waals surface area (Å²) in [4.78, 5) is 11.2. The first-order valence-corrected chi connectivity index (χ1v) is 9.17. The lowest BCUT2D eigenvalue weighted by atomic mass is 9.90. The molecule has 0 bridgehead atoms. The number of hydrogen-bond acceptors (Lipinski definition) is 3. The van der Waals surface area contributed by atoms with Crippen LogP contribution in [-0.2, 0) is 0 Å². The van der Waals surface area contributed by atoms with Crippen molar-refractivity contribution in [3.63, 3.8) is 0 Å². The van der Waals surface area contributed by atoms with Gasteiger partial charge in [-0.1, -0.05) is 60.7 Å². The molecule has 0 saturated heterocycles. The first-order chi connectivity index (χ1) is 13.6. The maximum absolute atomic E-state index is 11.2. The van der Waals surface area contributed by atoms with E-state index < -0.39 is 5.97 Å². The van der Waals surface area contributed by atoms with Crippen LogP contribution in [0, 0.1) is 4.77 Å². The van der Waals surface area contributed by atoms with Gasteiger partial charge in [-0.3, -0.25) is 9.67 Å². The molecule has 4 aromatic rings. The lowest BCUT2D eigenvalue weighted by Crippen LogP contribution is -2.11. The van der Waals surface area contributed by atoms with Crippen molar-refractivity contribution in [1.29, 1.82) is 0 Å². The quantitative estimate of drug-likeness (QED) is 0.482. The minimum Gasteiger partial charge on any atom is -0.478 e. The zero-order valence-electron chi connectivity index (χ0n) is 14.8. The van der Waals surface area contributed by atoms with E-state index in [1.165, 1.54) is 0 Å². The molecule has 0 amide bonds. The Morgan fingerprint density at radius 3 is 1.93 bits per heavy atom. The smallest absolute Gasteiger partial charge is 0.335 e. The summed E-state index contributed by atoms with van der Waals surface area (Å²) in [6.45, 7) is 0. The number of aromatic amines is 1. The molecule has 138 valence electrons. The van der Waals surface area contributed by atoms with Gasteiger partial charge in [0.1, 0.15) is 5.82 Å². The van der Waals surface area contributed by atoms with Gasteiger partial charge in [-0.15, -0.1) is 0 Å². The van der Waals surface area contributed by atoms with E-state index in [1.54, 1.807) is 24.3 Å². The third-order valence-corrected chi connectivity index (χ3v) is 4.87. The maximum Gasteiger partial charge on any atom is 0.335 e. The molecule has 5 nitrogen and oxygen atoms in total. The van der Waals surface area contributed by atoms with Crippen molar-refractivity contribution in [2.45, 2.75) is 5.92 Å². The summed E-state index contributed by atoms with van der Waals surface area (Å²) >= 11 is 5.49. The molecule has 1 heterocycles. The fraction of sp³-hybridized carbons (Fsp3) is 0.0455. The van der Waals surface area contributed by atoms with Gasteiger partial charge >= 0.3 is 5.97 Å². The van der Waals surface area contributed by atoms with Crippen molar-refractivity contribution in [1.82, 2.24) is 14.8 Å². The summed E-state index contributed by atoms with van der Waals surface area (Å²) in [6.07, 6.45) is 0. The number of H-pyrrole nitrogens is 1. The van der Waals surface area contributed by atoms with Crippen LogP contribution in [0.2, 0.25) is 0 Å². The Labute approximate surface area is 166 Å². The molecule has 0 spiro atoms. The van der Waals surface area contributed by atoms with Crippen molar-refractivity contribution < 1.29 is 9.90 Å². The molecule has 2 N–H and O–H groups in total. The minimum atomic E-state index is -0.964.